The molecule has 1 aromatic rings. The van der Waals surface area contributed by atoms with E-state index in [-0.39, 0.29) is 0 Å². The van der Waals surface area contributed by atoms with E-state index in [1.54, 1.807) is 5.56 Å². The number of aryl methyl sites for hydroxylation is 3. The molecule has 108 valence electrons. The molecule has 0 aliphatic heterocycles. The van der Waals surface area contributed by atoms with E-state index in [1.807, 2.05) is 0 Å². The molecular weight excluding hydrogens is 230 g/mol. The highest BCUT2D eigenvalue weighted by Crippen LogP contribution is 2.17. The fourth-order valence-corrected chi connectivity index (χ4v) is 2.59. The van der Waals surface area contributed by atoms with Crippen molar-refractivity contribution in [2.45, 2.75) is 59.8 Å². The molecule has 0 amide bonds. The van der Waals surface area contributed by atoms with Crippen LogP contribution in [0.2, 0.25) is 0 Å². The van der Waals surface area contributed by atoms with Crippen LogP contribution >= 0.6 is 0 Å². The van der Waals surface area contributed by atoms with Crippen molar-refractivity contribution in [3.63, 3.8) is 0 Å². The average Bonchev–Trinajstić information content (AvgIpc) is 2.45. The summed E-state index contributed by atoms with van der Waals surface area (Å²) in [5.74, 6) is 0.815. The van der Waals surface area contributed by atoms with Crippen LogP contribution in [0.3, 0.4) is 0 Å². The molecule has 1 nitrogen and oxygen atoms in total. The van der Waals surface area contributed by atoms with Gasteiger partial charge in [-0.15, -0.1) is 0 Å². The van der Waals surface area contributed by atoms with Crippen LogP contribution in [-0.2, 0) is 19.3 Å². The molecule has 0 heterocycles. The Bertz CT molecular complexity index is 357. The molecule has 1 rings (SSSR count). The fraction of sp³-hybridized carbons (Fsp3) is 0.667. The van der Waals surface area contributed by atoms with Gasteiger partial charge in [-0.3, -0.25) is 0 Å². The summed E-state index contributed by atoms with van der Waals surface area (Å²) < 4.78 is 0. The van der Waals surface area contributed by atoms with E-state index in [0.29, 0.717) is 0 Å². The summed E-state index contributed by atoms with van der Waals surface area (Å²) in [7, 11) is 0. The molecule has 0 saturated carbocycles. The highest BCUT2D eigenvalue weighted by Gasteiger charge is 2.05. The van der Waals surface area contributed by atoms with Crippen LogP contribution < -0.4 is 5.32 Å². The predicted molar refractivity (Wildman–Crippen MR) is 85.8 cm³/mol. The van der Waals surface area contributed by atoms with Crippen LogP contribution in [0, 0.1) is 5.92 Å². The van der Waals surface area contributed by atoms with Gasteiger partial charge in [0.05, 0.1) is 0 Å². The van der Waals surface area contributed by atoms with Gasteiger partial charge < -0.3 is 5.32 Å². The molecule has 0 aliphatic carbocycles. The van der Waals surface area contributed by atoms with Gasteiger partial charge in [0.1, 0.15) is 0 Å². The molecule has 0 radical (unpaired) electrons. The number of hydrogen-bond donors (Lipinski definition) is 1. The second-order valence-electron chi connectivity index (χ2n) is 5.60. The zero-order chi connectivity index (χ0) is 14.1. The van der Waals surface area contributed by atoms with Gasteiger partial charge in [-0.25, -0.2) is 0 Å². The first-order valence-electron chi connectivity index (χ1n) is 8.02. The topological polar surface area (TPSA) is 12.0 Å². The predicted octanol–water partition coefficient (Wildman–Crippen LogP) is 4.38. The van der Waals surface area contributed by atoms with Gasteiger partial charge in [-0.1, -0.05) is 45.9 Å². The molecule has 0 saturated heterocycles. The van der Waals surface area contributed by atoms with Gasteiger partial charge >= 0.3 is 0 Å². The second kappa shape index (κ2) is 9.14. The molecule has 19 heavy (non-hydrogen) atoms. The van der Waals surface area contributed by atoms with Gasteiger partial charge in [0, 0.05) is 0 Å². The van der Waals surface area contributed by atoms with Crippen molar-refractivity contribution >= 4 is 0 Å². The third kappa shape index (κ3) is 5.78. The minimum atomic E-state index is 0.815. The average molecular weight is 261 g/mol. The van der Waals surface area contributed by atoms with E-state index >= 15 is 0 Å². The normalized spacial score (nSPS) is 12.6. The lowest BCUT2D eigenvalue weighted by Crippen LogP contribution is -2.16. The van der Waals surface area contributed by atoms with Crippen LogP contribution in [-0.4, -0.2) is 13.1 Å². The Kier molecular flexibility index (Phi) is 7.81. The van der Waals surface area contributed by atoms with Gasteiger partial charge in [-0.05, 0) is 67.8 Å². The van der Waals surface area contributed by atoms with Crippen molar-refractivity contribution in [2.75, 3.05) is 13.1 Å². The highest BCUT2D eigenvalue weighted by atomic mass is 14.8. The van der Waals surface area contributed by atoms with E-state index in [0.717, 1.165) is 31.8 Å². The Morgan fingerprint density at radius 3 is 2.37 bits per heavy atom. The third-order valence-corrected chi connectivity index (χ3v) is 4.02. The molecule has 1 heteroatoms. The summed E-state index contributed by atoms with van der Waals surface area (Å²) >= 11 is 0. The minimum Gasteiger partial charge on any atom is -0.317 e. The number of hydrogen-bond acceptors (Lipinski definition) is 1. The third-order valence-electron chi connectivity index (χ3n) is 4.02. The zero-order valence-corrected chi connectivity index (χ0v) is 13.3. The standard InChI is InChI=1S/C18H31N/c1-5-17-11-10-16(14-18(17)6-2)9-8-15(4)12-13-19-7-3/h10-11,14-15,19H,5-9,12-13H2,1-4H3. The van der Waals surface area contributed by atoms with E-state index in [1.165, 1.54) is 30.4 Å². The summed E-state index contributed by atoms with van der Waals surface area (Å²) in [4.78, 5) is 0. The fourth-order valence-electron chi connectivity index (χ4n) is 2.59. The van der Waals surface area contributed by atoms with Gasteiger partial charge in [0.2, 0.25) is 0 Å². The van der Waals surface area contributed by atoms with Crippen LogP contribution in [0.25, 0.3) is 0 Å². The maximum atomic E-state index is 3.41. The lowest BCUT2D eigenvalue weighted by Gasteiger charge is -2.13. The smallest absolute Gasteiger partial charge is 0.00465 e. The first kappa shape index (κ1) is 16.2. The van der Waals surface area contributed by atoms with Crippen LogP contribution in [0.5, 0.6) is 0 Å². The lowest BCUT2D eigenvalue weighted by molar-refractivity contribution is 0.474. The first-order valence-corrected chi connectivity index (χ1v) is 8.02. The SMILES string of the molecule is CCNCCC(C)CCc1ccc(CC)c(CC)c1. The quantitative estimate of drug-likeness (QED) is 0.650. The minimum absolute atomic E-state index is 0.815. The largest absolute Gasteiger partial charge is 0.317 e. The van der Waals surface area contributed by atoms with Crippen molar-refractivity contribution in [1.29, 1.82) is 0 Å². The maximum absolute atomic E-state index is 3.41. The lowest BCUT2D eigenvalue weighted by atomic mass is 9.94. The highest BCUT2D eigenvalue weighted by molar-refractivity contribution is 5.32. The maximum Gasteiger partial charge on any atom is -0.00465 e. The van der Waals surface area contributed by atoms with Crippen molar-refractivity contribution in [3.05, 3.63) is 34.9 Å². The zero-order valence-electron chi connectivity index (χ0n) is 13.3. The first-order chi connectivity index (χ1) is 9.21. The molecule has 1 atom stereocenters. The number of benzene rings is 1. The van der Waals surface area contributed by atoms with Crippen molar-refractivity contribution < 1.29 is 0 Å². The summed E-state index contributed by atoms with van der Waals surface area (Å²) in [5, 5.41) is 3.41. The van der Waals surface area contributed by atoms with Crippen LogP contribution in [0.4, 0.5) is 0 Å². The van der Waals surface area contributed by atoms with E-state index < -0.39 is 0 Å². The Balaban J connectivity index is 2.44. The van der Waals surface area contributed by atoms with Crippen molar-refractivity contribution in [1.82, 2.24) is 5.32 Å². The molecule has 0 aliphatic rings. The molecule has 0 aromatic heterocycles. The molecule has 0 fully saturated rings. The Labute approximate surface area is 119 Å². The molecule has 0 bridgehead atoms. The monoisotopic (exact) mass is 261 g/mol. The van der Waals surface area contributed by atoms with Crippen LogP contribution in [0.15, 0.2) is 18.2 Å². The molecular formula is C18H31N. The van der Waals surface area contributed by atoms with Crippen LogP contribution in [0.1, 0.15) is 57.2 Å². The molecule has 1 aromatic carbocycles. The Hall–Kier alpha value is -0.820. The van der Waals surface area contributed by atoms with Crippen molar-refractivity contribution in [3.8, 4) is 0 Å². The number of nitrogens with one attached hydrogen (secondary N) is 1. The summed E-state index contributed by atoms with van der Waals surface area (Å²) in [6.07, 6.45) is 6.14. The van der Waals surface area contributed by atoms with E-state index in [4.69, 9.17) is 0 Å². The Morgan fingerprint density at radius 2 is 1.74 bits per heavy atom. The molecule has 0 spiro atoms. The summed E-state index contributed by atoms with van der Waals surface area (Å²) in [6.45, 7) is 11.3. The van der Waals surface area contributed by atoms with Gasteiger partial charge in [0.25, 0.3) is 0 Å². The molecule has 1 N–H and O–H groups in total. The van der Waals surface area contributed by atoms with E-state index in [9.17, 15) is 0 Å². The summed E-state index contributed by atoms with van der Waals surface area (Å²) in [5.41, 5.74) is 4.58. The van der Waals surface area contributed by atoms with Gasteiger partial charge in [-0.2, -0.15) is 0 Å². The molecule has 1 unspecified atom stereocenters. The number of rotatable bonds is 9. The van der Waals surface area contributed by atoms with Crippen molar-refractivity contribution in [2.24, 2.45) is 5.92 Å². The van der Waals surface area contributed by atoms with Gasteiger partial charge in [0.15, 0.2) is 0 Å². The second-order valence-corrected chi connectivity index (χ2v) is 5.60. The Morgan fingerprint density at radius 1 is 1.00 bits per heavy atom. The van der Waals surface area contributed by atoms with E-state index in [2.05, 4.69) is 51.2 Å². The summed E-state index contributed by atoms with van der Waals surface area (Å²) in [6, 6.07) is 7.09.